The van der Waals surface area contributed by atoms with E-state index >= 15 is 0 Å². The zero-order valence-electron chi connectivity index (χ0n) is 18.1. The van der Waals surface area contributed by atoms with Crippen LogP contribution in [0.15, 0.2) is 48.9 Å². The van der Waals surface area contributed by atoms with E-state index in [-0.39, 0.29) is 16.8 Å². The van der Waals surface area contributed by atoms with Gasteiger partial charge in [-0.15, -0.1) is 0 Å². The van der Waals surface area contributed by atoms with Crippen molar-refractivity contribution in [1.29, 1.82) is 0 Å². The van der Waals surface area contributed by atoms with Gasteiger partial charge in [0, 0.05) is 53.2 Å². The molecule has 0 spiro atoms. The summed E-state index contributed by atoms with van der Waals surface area (Å²) in [7, 11) is 2.00. The van der Waals surface area contributed by atoms with E-state index in [0.29, 0.717) is 17.0 Å². The molecule has 6 heteroatoms. The number of nitrogens with one attached hydrogen (secondary N) is 1. The van der Waals surface area contributed by atoms with E-state index in [2.05, 4.69) is 39.1 Å². The fourth-order valence-corrected chi connectivity index (χ4v) is 4.77. The molecule has 4 heterocycles. The largest absolute Gasteiger partial charge is 0.507 e. The normalized spacial score (nSPS) is 18.1. The van der Waals surface area contributed by atoms with Crippen LogP contribution < -0.4 is 5.32 Å². The molecule has 2 N–H and O–H groups in total. The van der Waals surface area contributed by atoms with E-state index in [4.69, 9.17) is 9.97 Å². The van der Waals surface area contributed by atoms with E-state index in [1.165, 1.54) is 5.57 Å². The van der Waals surface area contributed by atoms with E-state index in [9.17, 15) is 5.11 Å². The molecule has 0 bridgehead atoms. The van der Waals surface area contributed by atoms with Gasteiger partial charge in [0.05, 0.1) is 11.4 Å². The molecule has 0 amide bonds. The molecule has 1 aromatic carbocycles. The Kier molecular flexibility index (Phi) is 3.89. The first-order chi connectivity index (χ1) is 14.1. The summed E-state index contributed by atoms with van der Waals surface area (Å²) in [5, 5.41) is 15.2. The van der Waals surface area contributed by atoms with Gasteiger partial charge < -0.3 is 15.0 Å². The molecule has 154 valence electrons. The molecule has 0 fully saturated rings. The molecule has 0 saturated heterocycles. The summed E-state index contributed by atoms with van der Waals surface area (Å²) >= 11 is 0. The summed E-state index contributed by atoms with van der Waals surface area (Å²) in [6, 6.07) is 7.80. The molecular formula is C24H27N5O. The Morgan fingerprint density at radius 2 is 1.80 bits per heavy atom. The topological polar surface area (TPSA) is 67.4 Å². The molecule has 5 rings (SSSR count). The monoisotopic (exact) mass is 401 g/mol. The molecule has 1 aliphatic rings. The van der Waals surface area contributed by atoms with Gasteiger partial charge in [0.25, 0.3) is 0 Å². The number of phenols is 1. The standard InChI is InChI=1S/C24H27N5O/c1-23(2)12-16(13-24(3,4)27-23)18-7-9-29-14-19(26-22(29)25-18)17-11-20-15(10-21(17)30)6-8-28(20)5/h6-12,14,27,30H,13H2,1-5H3. The van der Waals surface area contributed by atoms with Crippen LogP contribution in [0.3, 0.4) is 0 Å². The van der Waals surface area contributed by atoms with Crippen LogP contribution in [0.25, 0.3) is 33.5 Å². The number of aromatic nitrogens is 4. The third kappa shape index (κ3) is 3.17. The Morgan fingerprint density at radius 1 is 1.03 bits per heavy atom. The minimum Gasteiger partial charge on any atom is -0.507 e. The second-order valence-corrected chi connectivity index (χ2v) is 9.58. The SMILES string of the molecule is Cn1ccc2cc(O)c(-c3cn4ccc(C5=CC(C)(C)NC(C)(C)C5)nc4n3)cc21. The minimum absolute atomic E-state index is 0.00174. The van der Waals surface area contributed by atoms with Crippen molar-refractivity contribution in [3.63, 3.8) is 0 Å². The third-order valence-corrected chi connectivity index (χ3v) is 5.76. The van der Waals surface area contributed by atoms with Crippen molar-refractivity contribution in [2.75, 3.05) is 0 Å². The van der Waals surface area contributed by atoms with E-state index in [1.807, 2.05) is 52.8 Å². The van der Waals surface area contributed by atoms with Crippen molar-refractivity contribution in [2.45, 2.75) is 45.2 Å². The van der Waals surface area contributed by atoms with Crippen LogP contribution in [0.1, 0.15) is 39.8 Å². The van der Waals surface area contributed by atoms with Crippen LogP contribution in [0, 0.1) is 0 Å². The number of phenolic OH excluding ortho intramolecular Hbond substituents is 1. The molecule has 4 aromatic rings. The number of benzene rings is 1. The van der Waals surface area contributed by atoms with Crippen LogP contribution in [-0.2, 0) is 7.05 Å². The van der Waals surface area contributed by atoms with Gasteiger partial charge >= 0.3 is 0 Å². The predicted molar refractivity (Wildman–Crippen MR) is 120 cm³/mol. The van der Waals surface area contributed by atoms with E-state index in [1.54, 1.807) is 6.07 Å². The second kappa shape index (κ2) is 6.19. The molecule has 6 nitrogen and oxygen atoms in total. The Labute approximate surface area is 175 Å². The average molecular weight is 402 g/mol. The Morgan fingerprint density at radius 3 is 2.57 bits per heavy atom. The fourth-order valence-electron chi connectivity index (χ4n) is 4.77. The molecule has 0 atom stereocenters. The number of fused-ring (bicyclic) bond motifs is 2. The van der Waals surface area contributed by atoms with Gasteiger partial charge in [0.2, 0.25) is 5.78 Å². The molecule has 1 aliphatic heterocycles. The minimum atomic E-state index is -0.0955. The smallest absolute Gasteiger partial charge is 0.234 e. The zero-order chi connectivity index (χ0) is 21.3. The number of hydrogen-bond donors (Lipinski definition) is 2. The number of rotatable bonds is 2. The summed E-state index contributed by atoms with van der Waals surface area (Å²) in [5.74, 6) is 0.853. The van der Waals surface area contributed by atoms with Crippen LogP contribution in [0.4, 0.5) is 0 Å². The van der Waals surface area contributed by atoms with Gasteiger partial charge in [-0.1, -0.05) is 6.08 Å². The Bertz CT molecular complexity index is 1320. The van der Waals surface area contributed by atoms with Gasteiger partial charge in [-0.3, -0.25) is 4.40 Å². The second-order valence-electron chi connectivity index (χ2n) is 9.58. The maximum atomic E-state index is 10.6. The molecular weight excluding hydrogens is 374 g/mol. The van der Waals surface area contributed by atoms with Gasteiger partial charge in [-0.25, -0.2) is 9.97 Å². The van der Waals surface area contributed by atoms with E-state index < -0.39 is 0 Å². The summed E-state index contributed by atoms with van der Waals surface area (Å²) in [4.78, 5) is 9.58. The van der Waals surface area contributed by atoms with Crippen LogP contribution in [0.5, 0.6) is 5.75 Å². The van der Waals surface area contributed by atoms with Crippen molar-refractivity contribution in [3.8, 4) is 17.0 Å². The predicted octanol–water partition coefficient (Wildman–Crippen LogP) is 4.53. The highest BCUT2D eigenvalue weighted by Gasteiger charge is 2.33. The maximum absolute atomic E-state index is 10.6. The number of hydrogen-bond acceptors (Lipinski definition) is 4. The number of aryl methyl sites for hydroxylation is 1. The Balaban J connectivity index is 1.59. The summed E-state index contributed by atoms with van der Waals surface area (Å²) in [6.45, 7) is 8.80. The molecule has 30 heavy (non-hydrogen) atoms. The van der Waals surface area contributed by atoms with Crippen molar-refractivity contribution in [3.05, 3.63) is 54.6 Å². The highest BCUT2D eigenvalue weighted by molar-refractivity contribution is 5.88. The lowest BCUT2D eigenvalue weighted by atomic mass is 9.82. The highest BCUT2D eigenvalue weighted by Crippen LogP contribution is 2.35. The lowest BCUT2D eigenvalue weighted by molar-refractivity contribution is 0.297. The van der Waals surface area contributed by atoms with Gasteiger partial charge in [-0.2, -0.15) is 0 Å². The Hall–Kier alpha value is -3.12. The van der Waals surface area contributed by atoms with Crippen molar-refractivity contribution >= 4 is 22.3 Å². The van der Waals surface area contributed by atoms with Crippen molar-refractivity contribution in [1.82, 2.24) is 24.3 Å². The summed E-state index contributed by atoms with van der Waals surface area (Å²) < 4.78 is 3.95. The first-order valence-electron chi connectivity index (χ1n) is 10.3. The first kappa shape index (κ1) is 18.9. The molecule has 0 aliphatic carbocycles. The van der Waals surface area contributed by atoms with Crippen LogP contribution in [-0.4, -0.2) is 35.1 Å². The van der Waals surface area contributed by atoms with Gasteiger partial charge in [-0.05, 0) is 64.0 Å². The quantitative estimate of drug-likeness (QED) is 0.518. The highest BCUT2D eigenvalue weighted by atomic mass is 16.3. The first-order valence-corrected chi connectivity index (χ1v) is 10.3. The molecule has 0 saturated carbocycles. The van der Waals surface area contributed by atoms with Crippen molar-refractivity contribution < 1.29 is 5.11 Å². The maximum Gasteiger partial charge on any atom is 0.234 e. The summed E-state index contributed by atoms with van der Waals surface area (Å²) in [6.07, 6.45) is 9.06. The van der Waals surface area contributed by atoms with Crippen LogP contribution >= 0.6 is 0 Å². The lowest BCUT2D eigenvalue weighted by Crippen LogP contribution is -2.53. The zero-order valence-corrected chi connectivity index (χ0v) is 18.1. The molecule has 0 radical (unpaired) electrons. The fraction of sp³-hybridized carbons (Fsp3) is 0.333. The third-order valence-electron chi connectivity index (χ3n) is 5.76. The number of imidazole rings is 1. The molecule has 3 aromatic heterocycles. The molecule has 0 unspecified atom stereocenters. The summed E-state index contributed by atoms with van der Waals surface area (Å²) in [5.41, 5.74) is 4.55. The number of aromatic hydroxyl groups is 1. The van der Waals surface area contributed by atoms with Gasteiger partial charge in [0.15, 0.2) is 0 Å². The lowest BCUT2D eigenvalue weighted by Gasteiger charge is -2.41. The van der Waals surface area contributed by atoms with E-state index in [0.717, 1.165) is 23.0 Å². The van der Waals surface area contributed by atoms with Gasteiger partial charge in [0.1, 0.15) is 5.75 Å². The number of nitrogens with zero attached hydrogens (tertiary/aromatic N) is 4. The van der Waals surface area contributed by atoms with Crippen molar-refractivity contribution in [2.24, 2.45) is 7.05 Å². The average Bonchev–Trinajstić information content (AvgIpc) is 3.21. The van der Waals surface area contributed by atoms with Crippen LogP contribution in [0.2, 0.25) is 0 Å².